The van der Waals surface area contributed by atoms with Gasteiger partial charge in [0.05, 0.1) is 23.4 Å². The van der Waals surface area contributed by atoms with E-state index in [1.165, 1.54) is 0 Å². The highest BCUT2D eigenvalue weighted by Crippen LogP contribution is 2.28. The number of benzene rings is 3. The molecule has 3 aromatic carbocycles. The number of aromatic nitrogens is 1. The van der Waals surface area contributed by atoms with Crippen LogP contribution in [0.1, 0.15) is 27.2 Å². The third kappa shape index (κ3) is 4.49. The monoisotopic (exact) mass is 465 g/mol. The zero-order valence-electron chi connectivity index (χ0n) is 17.6. The molecule has 0 atom stereocenters. The average molecular weight is 466 g/mol. The summed E-state index contributed by atoms with van der Waals surface area (Å²) in [6.07, 6.45) is 1.68. The predicted octanol–water partition coefficient (Wildman–Crippen LogP) is 6.08. The van der Waals surface area contributed by atoms with Crippen molar-refractivity contribution in [3.63, 3.8) is 0 Å². The molecule has 1 amide bonds. The molecule has 7 heteroatoms. The molecule has 0 aliphatic heterocycles. The predicted molar refractivity (Wildman–Crippen MR) is 130 cm³/mol. The number of carbonyl (C=O) groups excluding carboxylic acids is 1. The van der Waals surface area contributed by atoms with E-state index in [0.29, 0.717) is 27.9 Å². The van der Waals surface area contributed by atoms with Gasteiger partial charge in [0.1, 0.15) is 5.75 Å². The van der Waals surface area contributed by atoms with E-state index in [0.717, 1.165) is 27.7 Å². The van der Waals surface area contributed by atoms with E-state index in [2.05, 4.69) is 21.2 Å². The number of hydrazone groups is 1. The molecule has 1 aromatic heterocycles. The molecule has 0 radical (unpaired) electrons. The Hall–Kier alpha value is -3.28. The Morgan fingerprint density at radius 2 is 1.88 bits per heavy atom. The van der Waals surface area contributed by atoms with E-state index in [4.69, 9.17) is 27.9 Å². The van der Waals surface area contributed by atoms with Crippen LogP contribution in [-0.4, -0.2) is 23.8 Å². The quantitative estimate of drug-likeness (QED) is 0.277. The summed E-state index contributed by atoms with van der Waals surface area (Å²) < 4.78 is 7.37. The highest BCUT2D eigenvalue weighted by molar-refractivity contribution is 6.42. The van der Waals surface area contributed by atoms with Gasteiger partial charge in [0, 0.05) is 34.3 Å². The number of carbonyl (C=O) groups is 1. The molecule has 32 heavy (non-hydrogen) atoms. The lowest BCUT2D eigenvalue weighted by Crippen LogP contribution is -2.17. The smallest absolute Gasteiger partial charge is 0.271 e. The summed E-state index contributed by atoms with van der Waals surface area (Å²) in [5.74, 6) is 0.306. The third-order valence-electron chi connectivity index (χ3n) is 5.30. The Kier molecular flexibility index (Phi) is 6.49. The number of amides is 1. The maximum Gasteiger partial charge on any atom is 0.271 e. The van der Waals surface area contributed by atoms with Crippen LogP contribution in [0.5, 0.6) is 5.75 Å². The first-order chi connectivity index (χ1) is 15.5. The maximum atomic E-state index is 12.4. The lowest BCUT2D eigenvalue weighted by Gasteiger charge is -2.09. The number of fused-ring (bicyclic) bond motifs is 1. The van der Waals surface area contributed by atoms with Crippen molar-refractivity contribution in [2.45, 2.75) is 13.5 Å². The first kappa shape index (κ1) is 21.9. The number of halogens is 2. The SMILES string of the molecule is COc1cccc(C(=O)N/N=C/c2c(C)n(Cc3ccc(Cl)c(Cl)c3)c3ccccc23)c1. The molecule has 0 saturated heterocycles. The fourth-order valence-corrected chi connectivity index (χ4v) is 3.95. The fraction of sp³-hybridized carbons (Fsp3) is 0.120. The summed E-state index contributed by atoms with van der Waals surface area (Å²) in [5.41, 5.74) is 7.14. The number of ether oxygens (including phenoxy) is 1. The molecule has 4 rings (SSSR count). The average Bonchev–Trinajstić information content (AvgIpc) is 3.07. The van der Waals surface area contributed by atoms with Crippen LogP contribution < -0.4 is 10.2 Å². The topological polar surface area (TPSA) is 55.6 Å². The van der Waals surface area contributed by atoms with Crippen molar-refractivity contribution in [1.29, 1.82) is 0 Å². The van der Waals surface area contributed by atoms with E-state index >= 15 is 0 Å². The molecule has 1 heterocycles. The summed E-state index contributed by atoms with van der Waals surface area (Å²) in [4.78, 5) is 12.4. The van der Waals surface area contributed by atoms with Crippen LogP contribution in [0.25, 0.3) is 10.9 Å². The van der Waals surface area contributed by atoms with Gasteiger partial charge >= 0.3 is 0 Å². The summed E-state index contributed by atoms with van der Waals surface area (Å²) in [7, 11) is 1.56. The molecule has 0 unspecified atom stereocenters. The standard InChI is InChI=1S/C25H21Cl2N3O2/c1-16-21(14-28-29-25(31)18-6-5-7-19(13-18)32-2)20-8-3-4-9-24(20)30(16)15-17-10-11-22(26)23(27)12-17/h3-14H,15H2,1-2H3,(H,29,31)/b28-14+. The normalized spacial score (nSPS) is 11.2. The summed E-state index contributed by atoms with van der Waals surface area (Å²) in [6.45, 7) is 2.66. The van der Waals surface area contributed by atoms with Crippen molar-refractivity contribution in [2.24, 2.45) is 5.10 Å². The van der Waals surface area contributed by atoms with Crippen molar-refractivity contribution >= 4 is 46.2 Å². The van der Waals surface area contributed by atoms with Crippen LogP contribution >= 0.6 is 23.2 Å². The van der Waals surface area contributed by atoms with E-state index < -0.39 is 0 Å². The molecule has 1 N–H and O–H groups in total. The Bertz CT molecular complexity index is 1330. The minimum atomic E-state index is -0.308. The minimum absolute atomic E-state index is 0.308. The van der Waals surface area contributed by atoms with Gasteiger partial charge in [0.25, 0.3) is 5.91 Å². The highest BCUT2D eigenvalue weighted by atomic mass is 35.5. The van der Waals surface area contributed by atoms with Crippen LogP contribution in [-0.2, 0) is 6.54 Å². The second kappa shape index (κ2) is 9.47. The Morgan fingerprint density at radius 1 is 1.06 bits per heavy atom. The first-order valence-corrected chi connectivity index (χ1v) is 10.7. The first-order valence-electron chi connectivity index (χ1n) is 9.97. The lowest BCUT2D eigenvalue weighted by atomic mass is 10.1. The van der Waals surface area contributed by atoms with Crippen LogP contribution in [0.2, 0.25) is 10.0 Å². The van der Waals surface area contributed by atoms with Gasteiger partial charge in [0.2, 0.25) is 0 Å². The fourth-order valence-electron chi connectivity index (χ4n) is 3.63. The molecule has 0 saturated carbocycles. The van der Waals surface area contributed by atoms with Crippen LogP contribution in [0.4, 0.5) is 0 Å². The second-order valence-electron chi connectivity index (χ2n) is 7.28. The van der Waals surface area contributed by atoms with Gasteiger partial charge in [-0.2, -0.15) is 5.10 Å². The summed E-state index contributed by atoms with van der Waals surface area (Å²) in [6, 6.07) is 20.6. The van der Waals surface area contributed by atoms with E-state index in [1.54, 1.807) is 43.7 Å². The molecule has 4 aromatic rings. The van der Waals surface area contributed by atoms with Gasteiger partial charge in [-0.1, -0.05) is 53.5 Å². The van der Waals surface area contributed by atoms with E-state index in [9.17, 15) is 4.79 Å². The molecule has 0 aliphatic carbocycles. The van der Waals surface area contributed by atoms with Gasteiger partial charge in [-0.3, -0.25) is 4.79 Å². The number of para-hydroxylation sites is 1. The molecule has 0 spiro atoms. The number of nitrogens with zero attached hydrogens (tertiary/aromatic N) is 2. The number of nitrogens with one attached hydrogen (secondary N) is 1. The van der Waals surface area contributed by atoms with Gasteiger partial charge < -0.3 is 9.30 Å². The maximum absolute atomic E-state index is 12.4. The molecule has 162 valence electrons. The van der Waals surface area contributed by atoms with Crippen LogP contribution in [0, 0.1) is 6.92 Å². The van der Waals surface area contributed by atoms with Gasteiger partial charge in [-0.25, -0.2) is 5.43 Å². The van der Waals surface area contributed by atoms with Crippen molar-refractivity contribution in [2.75, 3.05) is 7.11 Å². The van der Waals surface area contributed by atoms with E-state index in [-0.39, 0.29) is 5.91 Å². The van der Waals surface area contributed by atoms with Crippen LogP contribution in [0.15, 0.2) is 71.8 Å². The molecule has 0 bridgehead atoms. The van der Waals surface area contributed by atoms with Gasteiger partial charge in [-0.15, -0.1) is 0 Å². The molecular weight excluding hydrogens is 445 g/mol. The minimum Gasteiger partial charge on any atom is -0.497 e. The number of methoxy groups -OCH3 is 1. The summed E-state index contributed by atoms with van der Waals surface area (Å²) >= 11 is 12.3. The molecule has 5 nitrogen and oxygen atoms in total. The van der Waals surface area contributed by atoms with Gasteiger partial charge in [0.15, 0.2) is 0 Å². The molecule has 0 fully saturated rings. The lowest BCUT2D eigenvalue weighted by molar-refractivity contribution is 0.0955. The molecule has 0 aliphatic rings. The van der Waals surface area contributed by atoms with E-state index in [1.807, 2.05) is 37.3 Å². The van der Waals surface area contributed by atoms with Crippen LogP contribution in [0.3, 0.4) is 0 Å². The Balaban J connectivity index is 1.62. The second-order valence-corrected chi connectivity index (χ2v) is 8.10. The number of hydrogen-bond acceptors (Lipinski definition) is 3. The number of rotatable bonds is 6. The number of hydrogen-bond donors (Lipinski definition) is 1. The van der Waals surface area contributed by atoms with Crippen molar-refractivity contribution in [3.05, 3.63) is 99.2 Å². The summed E-state index contributed by atoms with van der Waals surface area (Å²) in [5, 5.41) is 6.32. The molecular formula is C25H21Cl2N3O2. The largest absolute Gasteiger partial charge is 0.497 e. The van der Waals surface area contributed by atoms with Crippen molar-refractivity contribution < 1.29 is 9.53 Å². The zero-order valence-corrected chi connectivity index (χ0v) is 19.1. The Morgan fingerprint density at radius 3 is 2.66 bits per heavy atom. The van der Waals surface area contributed by atoms with Gasteiger partial charge in [-0.05, 0) is 48.9 Å². The Labute approximate surface area is 196 Å². The zero-order chi connectivity index (χ0) is 22.7. The highest BCUT2D eigenvalue weighted by Gasteiger charge is 2.13. The van der Waals surface area contributed by atoms with Crippen molar-refractivity contribution in [1.82, 2.24) is 9.99 Å². The van der Waals surface area contributed by atoms with Crippen molar-refractivity contribution in [3.8, 4) is 5.75 Å². The third-order valence-corrected chi connectivity index (χ3v) is 6.04.